The van der Waals surface area contributed by atoms with Crippen LogP contribution >= 0.6 is 0 Å². The number of unbranched alkanes of at least 4 members (excludes halogenated alkanes) is 8. The van der Waals surface area contributed by atoms with Gasteiger partial charge in [-0.2, -0.15) is 0 Å². The van der Waals surface area contributed by atoms with Crippen LogP contribution in [-0.2, 0) is 21.0 Å². The topological polar surface area (TPSA) is 66.4 Å². The van der Waals surface area contributed by atoms with Gasteiger partial charge in [0.05, 0.1) is 6.61 Å². The first-order chi connectivity index (χ1) is 14.0. The Morgan fingerprint density at radius 3 is 1.67 bits per heavy atom. The molecule has 0 radical (unpaired) electrons. The van der Waals surface area contributed by atoms with Gasteiger partial charge in [0.1, 0.15) is 0 Å². The molecular weight excluding hydrogens is 407 g/mol. The fraction of sp³-hybridized carbons (Fsp3) is 0.500. The first kappa shape index (κ1) is 27.3. The van der Waals surface area contributed by atoms with Gasteiger partial charge in [-0.15, -0.1) is 0 Å². The third kappa shape index (κ3) is 10.6. The summed E-state index contributed by atoms with van der Waals surface area (Å²) in [6.45, 7) is 2.23. The molecule has 0 atom stereocenters. The molecule has 160 valence electrons. The minimum Gasteiger partial charge on any atom is -0.726 e. The molecule has 0 bridgehead atoms. The van der Waals surface area contributed by atoms with Gasteiger partial charge < -0.3 is 4.55 Å². The SMILES string of the molecule is CCCCCCCCCCCOS(=O)(=O)[O-].[Na+].c1ccc2c(c1)Cc1ccccc1-2. The zero-order valence-electron chi connectivity index (χ0n) is 18.4. The van der Waals surface area contributed by atoms with Crippen molar-refractivity contribution in [2.45, 2.75) is 71.1 Å². The van der Waals surface area contributed by atoms with Crippen LogP contribution in [0.15, 0.2) is 48.5 Å². The van der Waals surface area contributed by atoms with Crippen molar-refractivity contribution in [1.82, 2.24) is 0 Å². The second-order valence-corrected chi connectivity index (χ2v) is 8.60. The van der Waals surface area contributed by atoms with Crippen molar-refractivity contribution in [3.8, 4) is 11.1 Å². The van der Waals surface area contributed by atoms with E-state index in [-0.39, 0.29) is 36.2 Å². The van der Waals surface area contributed by atoms with Crippen molar-refractivity contribution in [3.05, 3.63) is 59.7 Å². The van der Waals surface area contributed by atoms with E-state index in [1.807, 2.05) is 0 Å². The average Bonchev–Trinajstić information content (AvgIpc) is 3.08. The Labute approximate surface area is 204 Å². The summed E-state index contributed by atoms with van der Waals surface area (Å²) in [5, 5.41) is 0. The molecule has 0 spiro atoms. The first-order valence-corrected chi connectivity index (χ1v) is 12.1. The molecule has 30 heavy (non-hydrogen) atoms. The molecule has 3 rings (SSSR count). The van der Waals surface area contributed by atoms with Crippen molar-refractivity contribution >= 4 is 10.4 Å². The second kappa shape index (κ2) is 15.2. The van der Waals surface area contributed by atoms with Crippen LogP contribution in [0, 0.1) is 0 Å². The monoisotopic (exact) mass is 440 g/mol. The van der Waals surface area contributed by atoms with Crippen LogP contribution in [0.3, 0.4) is 0 Å². The summed E-state index contributed by atoms with van der Waals surface area (Å²) in [5.74, 6) is 0. The molecule has 0 aliphatic heterocycles. The normalized spacial score (nSPS) is 11.7. The molecular formula is C24H33NaO4S. The molecule has 4 nitrogen and oxygen atoms in total. The fourth-order valence-corrected chi connectivity index (χ4v) is 3.98. The van der Waals surface area contributed by atoms with Crippen LogP contribution in [-0.4, -0.2) is 19.6 Å². The van der Waals surface area contributed by atoms with Gasteiger partial charge in [0.2, 0.25) is 10.4 Å². The van der Waals surface area contributed by atoms with Gasteiger partial charge in [-0.25, -0.2) is 8.42 Å². The molecule has 1 aliphatic rings. The summed E-state index contributed by atoms with van der Waals surface area (Å²) in [6.07, 6.45) is 11.4. The number of rotatable bonds is 11. The van der Waals surface area contributed by atoms with Gasteiger partial charge in [0, 0.05) is 0 Å². The van der Waals surface area contributed by atoms with E-state index >= 15 is 0 Å². The van der Waals surface area contributed by atoms with Crippen molar-refractivity contribution in [3.63, 3.8) is 0 Å². The molecule has 0 aromatic heterocycles. The molecule has 1 aliphatic carbocycles. The Hall–Kier alpha value is -0.690. The van der Waals surface area contributed by atoms with Crippen molar-refractivity contribution in [2.24, 2.45) is 0 Å². The number of benzene rings is 2. The molecule has 6 heteroatoms. The standard InChI is InChI=1S/C13H10.C11H24O4S.Na/c1-3-7-12-10(5-1)9-11-6-2-4-8-13(11)12;1-2-3-4-5-6-7-8-9-10-11-15-16(12,13)14;/h1-8H,9H2;2-11H2,1H3,(H,12,13,14);/q;;+1/p-1. The Morgan fingerprint density at radius 2 is 1.20 bits per heavy atom. The van der Waals surface area contributed by atoms with E-state index < -0.39 is 10.4 Å². The Kier molecular flexibility index (Phi) is 13.8. The van der Waals surface area contributed by atoms with Gasteiger partial charge >= 0.3 is 29.6 Å². The summed E-state index contributed by atoms with van der Waals surface area (Å²) in [5.41, 5.74) is 5.75. The Morgan fingerprint density at radius 1 is 0.767 bits per heavy atom. The second-order valence-electron chi connectivity index (χ2n) is 7.55. The first-order valence-electron chi connectivity index (χ1n) is 10.8. The van der Waals surface area contributed by atoms with Crippen molar-refractivity contribution < 1.29 is 46.7 Å². The quantitative estimate of drug-likeness (QED) is 0.199. The van der Waals surface area contributed by atoms with Crippen molar-refractivity contribution in [1.29, 1.82) is 0 Å². The van der Waals surface area contributed by atoms with Crippen LogP contribution in [0.25, 0.3) is 11.1 Å². The summed E-state index contributed by atoms with van der Waals surface area (Å²) >= 11 is 0. The summed E-state index contributed by atoms with van der Waals surface area (Å²) in [6, 6.07) is 17.3. The third-order valence-electron chi connectivity index (χ3n) is 5.18. The summed E-state index contributed by atoms with van der Waals surface area (Å²) < 4.78 is 34.4. The maximum atomic E-state index is 10.1. The third-order valence-corrected chi connectivity index (χ3v) is 5.64. The molecule has 0 unspecified atom stereocenters. The van der Waals surface area contributed by atoms with Crippen molar-refractivity contribution in [2.75, 3.05) is 6.61 Å². The van der Waals surface area contributed by atoms with E-state index in [0.717, 1.165) is 19.3 Å². The van der Waals surface area contributed by atoms with E-state index in [0.29, 0.717) is 6.42 Å². The molecule has 0 saturated heterocycles. The van der Waals surface area contributed by atoms with Crippen LogP contribution in [0.5, 0.6) is 0 Å². The number of fused-ring (bicyclic) bond motifs is 3. The Bertz CT molecular complexity index is 793. The Balaban J connectivity index is 0.000000293. The zero-order valence-corrected chi connectivity index (χ0v) is 21.3. The average molecular weight is 441 g/mol. The van der Waals surface area contributed by atoms with E-state index in [4.69, 9.17) is 0 Å². The van der Waals surface area contributed by atoms with E-state index in [1.165, 1.54) is 60.8 Å². The van der Waals surface area contributed by atoms with E-state index in [9.17, 15) is 13.0 Å². The largest absolute Gasteiger partial charge is 1.00 e. The van der Waals surface area contributed by atoms with Gasteiger partial charge in [-0.3, -0.25) is 4.18 Å². The van der Waals surface area contributed by atoms with Crippen LogP contribution < -0.4 is 29.6 Å². The van der Waals surface area contributed by atoms with Crippen LogP contribution in [0.1, 0.15) is 75.8 Å². The molecule has 0 N–H and O–H groups in total. The van der Waals surface area contributed by atoms with Gasteiger partial charge in [-0.05, 0) is 35.1 Å². The van der Waals surface area contributed by atoms with E-state index in [1.54, 1.807) is 0 Å². The number of hydrogen-bond acceptors (Lipinski definition) is 4. The fourth-order valence-electron chi connectivity index (χ4n) is 3.65. The number of hydrogen-bond donors (Lipinski definition) is 0. The molecule has 0 saturated carbocycles. The van der Waals surface area contributed by atoms with Gasteiger partial charge in [0.25, 0.3) is 0 Å². The molecule has 0 fully saturated rings. The minimum absolute atomic E-state index is 0. The van der Waals surface area contributed by atoms with E-state index in [2.05, 4.69) is 59.6 Å². The maximum absolute atomic E-state index is 10.1. The smallest absolute Gasteiger partial charge is 0.726 e. The predicted molar refractivity (Wildman–Crippen MR) is 118 cm³/mol. The van der Waals surface area contributed by atoms with Crippen LogP contribution in [0.4, 0.5) is 0 Å². The zero-order chi connectivity index (χ0) is 21.0. The van der Waals surface area contributed by atoms with Gasteiger partial charge in [0.15, 0.2) is 0 Å². The minimum atomic E-state index is -4.48. The summed E-state index contributed by atoms with van der Waals surface area (Å²) in [4.78, 5) is 0. The summed E-state index contributed by atoms with van der Waals surface area (Å²) in [7, 11) is -4.48. The molecule has 0 amide bonds. The molecule has 2 aromatic carbocycles. The molecule has 2 aromatic rings. The van der Waals surface area contributed by atoms with Gasteiger partial charge in [-0.1, -0.05) is 107 Å². The molecule has 0 heterocycles. The van der Waals surface area contributed by atoms with Crippen LogP contribution in [0.2, 0.25) is 0 Å². The maximum Gasteiger partial charge on any atom is 1.00 e. The predicted octanol–water partition coefficient (Wildman–Crippen LogP) is 3.26.